The Kier molecular flexibility index (Phi) is 8.22. The fourth-order valence-electron chi connectivity index (χ4n) is 6.49. The second kappa shape index (κ2) is 12.0. The van der Waals surface area contributed by atoms with E-state index in [9.17, 15) is 18.3 Å². The molecule has 4 aromatic carbocycles. The van der Waals surface area contributed by atoms with Gasteiger partial charge in [-0.1, -0.05) is 48.5 Å². The van der Waals surface area contributed by atoms with E-state index in [1.165, 1.54) is 4.31 Å². The first-order valence-corrected chi connectivity index (χ1v) is 16.9. The molecule has 0 amide bonds. The number of carboxylic acids is 1. The lowest BCUT2D eigenvalue weighted by atomic mass is 9.83. The van der Waals surface area contributed by atoms with Crippen LogP contribution in [0.15, 0.2) is 83.8 Å². The van der Waals surface area contributed by atoms with Crippen LogP contribution in [0.5, 0.6) is 5.75 Å². The topological polar surface area (TPSA) is 93.1 Å². The fourth-order valence-corrected chi connectivity index (χ4v) is 8.06. The molecule has 1 N–H and O–H groups in total. The van der Waals surface area contributed by atoms with Crippen LogP contribution in [0, 0.1) is 6.92 Å². The fraction of sp³-hybridized carbons (Fsp3) is 0.324. The molecule has 1 unspecified atom stereocenters. The Morgan fingerprint density at radius 1 is 0.911 bits per heavy atom. The van der Waals surface area contributed by atoms with Gasteiger partial charge in [-0.2, -0.15) is 0 Å². The number of hydrogen-bond donors (Lipinski definition) is 1. The molecular formula is C37H39NO6S. The lowest BCUT2D eigenvalue weighted by Crippen LogP contribution is -2.37. The Morgan fingerprint density at radius 3 is 2.40 bits per heavy atom. The van der Waals surface area contributed by atoms with Crippen molar-refractivity contribution in [2.45, 2.75) is 70.0 Å². The average molecular weight is 626 g/mol. The molecule has 4 aromatic rings. The summed E-state index contributed by atoms with van der Waals surface area (Å²) in [5.41, 5.74) is 6.18. The number of rotatable bonds is 7. The molecule has 0 spiro atoms. The second-order valence-electron chi connectivity index (χ2n) is 12.8. The quantitative estimate of drug-likeness (QED) is 0.226. The number of hydrogen-bond acceptors (Lipinski definition) is 5. The van der Waals surface area contributed by atoms with E-state index in [1.807, 2.05) is 82.3 Å². The number of benzene rings is 4. The molecule has 0 fully saturated rings. The van der Waals surface area contributed by atoms with Crippen LogP contribution in [0.2, 0.25) is 0 Å². The zero-order chi connectivity index (χ0) is 31.9. The number of fused-ring (bicyclic) bond motifs is 2. The zero-order valence-corrected chi connectivity index (χ0v) is 27.0. The Labute approximate surface area is 265 Å². The van der Waals surface area contributed by atoms with E-state index in [1.54, 1.807) is 18.2 Å². The second-order valence-corrected chi connectivity index (χ2v) is 14.6. The van der Waals surface area contributed by atoms with Gasteiger partial charge in [0, 0.05) is 12.1 Å². The van der Waals surface area contributed by atoms with Gasteiger partial charge in [0.1, 0.15) is 5.75 Å². The number of anilines is 1. The smallest absolute Gasteiger partial charge is 0.337 e. The number of nitrogens with zero attached hydrogens (tertiary/aromatic N) is 1. The van der Waals surface area contributed by atoms with E-state index in [0.717, 1.165) is 52.0 Å². The largest absolute Gasteiger partial charge is 0.493 e. The number of sulfonamides is 1. The Bertz CT molecular complexity index is 1860. The average Bonchev–Trinajstić information content (AvgIpc) is 3.02. The maximum atomic E-state index is 14.4. The van der Waals surface area contributed by atoms with Gasteiger partial charge in [-0.15, -0.1) is 0 Å². The Hall–Kier alpha value is -4.14. The molecule has 45 heavy (non-hydrogen) atoms. The molecule has 0 bridgehead atoms. The van der Waals surface area contributed by atoms with E-state index < -0.39 is 27.7 Å². The van der Waals surface area contributed by atoms with Crippen molar-refractivity contribution in [3.05, 3.63) is 101 Å². The van der Waals surface area contributed by atoms with Crippen molar-refractivity contribution < 1.29 is 27.8 Å². The molecular weight excluding hydrogens is 586 g/mol. The van der Waals surface area contributed by atoms with Gasteiger partial charge in [-0.3, -0.25) is 4.31 Å². The molecule has 0 saturated carbocycles. The Morgan fingerprint density at radius 2 is 1.67 bits per heavy atom. The molecule has 234 valence electrons. The van der Waals surface area contributed by atoms with Gasteiger partial charge in [0.25, 0.3) is 10.0 Å². The highest BCUT2D eigenvalue weighted by Gasteiger charge is 2.38. The van der Waals surface area contributed by atoms with Gasteiger partial charge in [0.05, 0.1) is 22.8 Å². The summed E-state index contributed by atoms with van der Waals surface area (Å²) in [6.45, 7) is 8.37. The lowest BCUT2D eigenvalue weighted by molar-refractivity contribution is -0.160. The molecule has 2 aliphatic rings. The van der Waals surface area contributed by atoms with Crippen LogP contribution in [-0.4, -0.2) is 38.2 Å². The third kappa shape index (κ3) is 6.09. The van der Waals surface area contributed by atoms with E-state index >= 15 is 0 Å². The van der Waals surface area contributed by atoms with Crippen molar-refractivity contribution in [1.29, 1.82) is 0 Å². The summed E-state index contributed by atoms with van der Waals surface area (Å²) < 4.78 is 42.3. The van der Waals surface area contributed by atoms with E-state index in [-0.39, 0.29) is 11.4 Å². The third-order valence-electron chi connectivity index (χ3n) is 8.39. The summed E-state index contributed by atoms with van der Waals surface area (Å²) in [7, 11) is -3.98. The summed E-state index contributed by atoms with van der Waals surface area (Å²) in [4.78, 5) is 13.2. The van der Waals surface area contributed by atoms with Crippen LogP contribution in [0.3, 0.4) is 0 Å². The zero-order valence-electron chi connectivity index (χ0n) is 26.2. The summed E-state index contributed by atoms with van der Waals surface area (Å²) in [5, 5.41) is 10.6. The van der Waals surface area contributed by atoms with Crippen molar-refractivity contribution >= 4 is 21.7 Å². The van der Waals surface area contributed by atoms with Crippen LogP contribution in [-0.2, 0) is 32.4 Å². The van der Waals surface area contributed by atoms with Gasteiger partial charge in [-0.05, 0) is 123 Å². The number of aliphatic carboxylic acids is 1. The predicted molar refractivity (Wildman–Crippen MR) is 176 cm³/mol. The van der Waals surface area contributed by atoms with Gasteiger partial charge in [0.2, 0.25) is 0 Å². The van der Waals surface area contributed by atoms with Crippen LogP contribution in [0.25, 0.3) is 22.3 Å². The van der Waals surface area contributed by atoms with Crippen molar-refractivity contribution in [3.63, 3.8) is 0 Å². The van der Waals surface area contributed by atoms with Crippen LogP contribution >= 0.6 is 0 Å². The van der Waals surface area contributed by atoms with E-state index in [0.29, 0.717) is 36.3 Å². The van der Waals surface area contributed by atoms with Crippen LogP contribution in [0.1, 0.15) is 62.0 Å². The number of carboxylic acid groups (broad SMARTS) is 1. The molecule has 7 nitrogen and oxygen atoms in total. The van der Waals surface area contributed by atoms with E-state index in [2.05, 4.69) is 6.07 Å². The highest BCUT2D eigenvalue weighted by molar-refractivity contribution is 7.92. The highest BCUT2D eigenvalue weighted by Crippen LogP contribution is 2.46. The minimum atomic E-state index is -3.98. The third-order valence-corrected chi connectivity index (χ3v) is 10.2. The first-order chi connectivity index (χ1) is 21.4. The highest BCUT2D eigenvalue weighted by atomic mass is 32.2. The number of ether oxygens (including phenoxy) is 2. The van der Waals surface area contributed by atoms with Crippen LogP contribution in [0.4, 0.5) is 5.69 Å². The summed E-state index contributed by atoms with van der Waals surface area (Å²) in [6, 6.07) is 24.6. The summed E-state index contributed by atoms with van der Waals surface area (Å²) in [6.07, 6.45) is 1.55. The monoisotopic (exact) mass is 625 g/mol. The van der Waals surface area contributed by atoms with Crippen LogP contribution < -0.4 is 9.04 Å². The number of carbonyl (C=O) groups is 1. The molecule has 6 rings (SSSR count). The van der Waals surface area contributed by atoms with Gasteiger partial charge >= 0.3 is 5.97 Å². The SMILES string of the molecule is Cc1cc2c(c(C(OC(C)(C)C)C(=O)O)c1-c1ccc3c(c1)CCCO3)CCCN2S(=O)(=O)c1cccc(-c2ccccc2)c1. The number of aryl methyl sites for hydroxylation is 2. The molecule has 8 heteroatoms. The molecule has 1 atom stereocenters. The Balaban J connectivity index is 1.54. The molecule has 0 radical (unpaired) electrons. The maximum Gasteiger partial charge on any atom is 0.337 e. The minimum absolute atomic E-state index is 0.190. The first-order valence-electron chi connectivity index (χ1n) is 15.5. The van der Waals surface area contributed by atoms with Gasteiger partial charge in [0.15, 0.2) is 6.10 Å². The van der Waals surface area contributed by atoms with Gasteiger partial charge in [-0.25, -0.2) is 13.2 Å². The van der Waals surface area contributed by atoms with Crippen molar-refractivity contribution in [1.82, 2.24) is 0 Å². The van der Waals surface area contributed by atoms with E-state index in [4.69, 9.17) is 9.47 Å². The molecule has 2 aliphatic heterocycles. The molecule has 2 heterocycles. The molecule has 0 aromatic heterocycles. The minimum Gasteiger partial charge on any atom is -0.493 e. The summed E-state index contributed by atoms with van der Waals surface area (Å²) in [5.74, 6) is -0.270. The maximum absolute atomic E-state index is 14.4. The standard InChI is InChI=1S/C37H39NO6S/c1-24-21-31-30(16-9-19-38(31)45(41,42)29-15-8-13-26(23-29)25-11-6-5-7-12-25)34(35(36(39)40)44-37(2,3)4)33(24)28-17-18-32-27(22-28)14-10-20-43-32/h5-8,11-13,15,17-18,21-23,35H,9-10,14,16,19-20H2,1-4H3,(H,39,40). The first kappa shape index (κ1) is 30.9. The molecule has 0 saturated heterocycles. The van der Waals surface area contributed by atoms with Crippen molar-refractivity contribution in [2.24, 2.45) is 0 Å². The van der Waals surface area contributed by atoms with Crippen molar-refractivity contribution in [2.75, 3.05) is 17.5 Å². The molecule has 0 aliphatic carbocycles. The summed E-state index contributed by atoms with van der Waals surface area (Å²) >= 11 is 0. The van der Waals surface area contributed by atoms with Crippen molar-refractivity contribution in [3.8, 4) is 28.0 Å². The predicted octanol–water partition coefficient (Wildman–Crippen LogP) is 7.74. The lowest BCUT2D eigenvalue weighted by Gasteiger charge is -2.36. The normalized spacial score (nSPS) is 15.5. The van der Waals surface area contributed by atoms with Gasteiger partial charge < -0.3 is 14.6 Å².